The lowest BCUT2D eigenvalue weighted by Crippen LogP contribution is -2.55. The fourth-order valence-corrected chi connectivity index (χ4v) is 11.5. The molecule has 18 nitrogen and oxygen atoms in total. The lowest BCUT2D eigenvalue weighted by molar-refractivity contribution is -0.172. The molecule has 4 aliphatic heterocycles. The van der Waals surface area contributed by atoms with Gasteiger partial charge in [-0.2, -0.15) is 5.10 Å². The van der Waals surface area contributed by atoms with Gasteiger partial charge in [0.15, 0.2) is 18.0 Å². The highest BCUT2D eigenvalue weighted by Gasteiger charge is 2.46. The molecule has 0 unspecified atom stereocenters. The third-order valence-corrected chi connectivity index (χ3v) is 15.2. The van der Waals surface area contributed by atoms with Gasteiger partial charge in [-0.3, -0.25) is 14.5 Å². The third kappa shape index (κ3) is 7.07. The second-order valence-corrected chi connectivity index (χ2v) is 19.4. The van der Waals surface area contributed by atoms with Crippen LogP contribution in [0.5, 0.6) is 11.5 Å². The van der Waals surface area contributed by atoms with Crippen molar-refractivity contribution in [1.29, 1.82) is 0 Å². The van der Waals surface area contributed by atoms with E-state index in [-0.39, 0.29) is 71.9 Å². The van der Waals surface area contributed by atoms with Crippen molar-refractivity contribution >= 4 is 28.9 Å². The number of carbonyl (C=O) groups excluding carboxylic acids is 3. The number of aliphatic hydroxyl groups is 1. The zero-order chi connectivity index (χ0) is 49.1. The summed E-state index contributed by atoms with van der Waals surface area (Å²) >= 11 is 0. The standard InChI is InChI=1S/C51H51FN8O10/c1-5-51(68)35-15-39-45-33(21-59(39)47(64)34(35)22-69-48(51)65)44-37(13-12-30-25(4)36(52)16-38(53-45)43(30)44)54-50(67)70-23-42(63)57-19-28-10-11-29(20-57)58(28)18-26-6-8-27(9-7-26)60-46(55-56-49(60)66)32-14-31(24(2)3)40(61)17-41(32)62/h6-9,14-17,24,28-29,37,61-62,68H,5,10-13,18-23H2,1-4H3,(H,54,67)(H,56,66)/t28-,29+,37-,51-/m0/s1. The molecule has 6 aromatic rings. The number of halogens is 1. The topological polar surface area (TPSA) is 234 Å². The van der Waals surface area contributed by atoms with Gasteiger partial charge in [-0.1, -0.05) is 32.9 Å². The van der Waals surface area contributed by atoms with Crippen LogP contribution >= 0.6 is 0 Å². The summed E-state index contributed by atoms with van der Waals surface area (Å²) in [5.41, 5.74) is 3.43. The van der Waals surface area contributed by atoms with Crippen molar-refractivity contribution in [2.45, 2.75) is 109 Å². The molecular weight excluding hydrogens is 904 g/mol. The van der Waals surface area contributed by atoms with Crippen LogP contribution in [0.4, 0.5) is 9.18 Å². The van der Waals surface area contributed by atoms with Crippen molar-refractivity contribution in [1.82, 2.24) is 39.4 Å². The molecule has 11 rings (SSSR count). The second kappa shape index (κ2) is 16.6. The highest BCUT2D eigenvalue weighted by molar-refractivity contribution is 5.94. The quantitative estimate of drug-likeness (QED) is 0.117. The molecule has 0 spiro atoms. The number of likely N-dealkylation sites (tertiary alicyclic amines) is 1. The predicted molar refractivity (Wildman–Crippen MR) is 251 cm³/mol. The molecular formula is C51H51FN8O10. The summed E-state index contributed by atoms with van der Waals surface area (Å²) in [5.74, 6) is -1.69. The molecule has 362 valence electrons. The fourth-order valence-electron chi connectivity index (χ4n) is 11.5. The number of benzene rings is 3. The van der Waals surface area contributed by atoms with E-state index in [2.05, 4.69) is 20.4 Å². The molecule has 0 saturated carbocycles. The highest BCUT2D eigenvalue weighted by Crippen LogP contribution is 2.46. The van der Waals surface area contributed by atoms with E-state index in [0.717, 1.165) is 24.0 Å². The van der Waals surface area contributed by atoms with Gasteiger partial charge in [0.1, 0.15) is 23.9 Å². The average molecular weight is 955 g/mol. The number of fused-ring (bicyclic) bond motifs is 7. The number of aromatic nitrogens is 5. The van der Waals surface area contributed by atoms with Crippen LogP contribution in [0.1, 0.15) is 103 Å². The number of phenols is 2. The number of phenolic OH excluding ortho intramolecular Hbond substituents is 2. The molecule has 5 aliphatic rings. The number of carbonyl (C=O) groups is 3. The number of cyclic esters (lactones) is 1. The van der Waals surface area contributed by atoms with E-state index in [4.69, 9.17) is 14.5 Å². The summed E-state index contributed by atoms with van der Waals surface area (Å²) < 4.78 is 29.2. The van der Waals surface area contributed by atoms with Crippen molar-refractivity contribution in [3.8, 4) is 40.0 Å². The first kappa shape index (κ1) is 45.1. The minimum Gasteiger partial charge on any atom is -0.508 e. The number of aromatic hydroxyl groups is 2. The summed E-state index contributed by atoms with van der Waals surface area (Å²) in [4.78, 5) is 76.1. The van der Waals surface area contributed by atoms with Gasteiger partial charge in [0.05, 0.1) is 46.3 Å². The van der Waals surface area contributed by atoms with Crippen molar-refractivity contribution < 1.29 is 43.6 Å². The molecule has 3 aromatic heterocycles. The van der Waals surface area contributed by atoms with Crippen LogP contribution in [0, 0.1) is 12.7 Å². The molecule has 2 bridgehead atoms. The number of aromatic amines is 1. The van der Waals surface area contributed by atoms with E-state index < -0.39 is 47.4 Å². The first-order chi connectivity index (χ1) is 33.5. The van der Waals surface area contributed by atoms with Crippen molar-refractivity contribution in [3.05, 3.63) is 120 Å². The first-order valence-corrected chi connectivity index (χ1v) is 23.7. The van der Waals surface area contributed by atoms with Crippen LogP contribution in [0.3, 0.4) is 0 Å². The second-order valence-electron chi connectivity index (χ2n) is 19.4. The van der Waals surface area contributed by atoms with Crippen molar-refractivity contribution in [3.63, 3.8) is 0 Å². The third-order valence-electron chi connectivity index (χ3n) is 15.2. The van der Waals surface area contributed by atoms with Gasteiger partial charge in [-0.05, 0) is 97.0 Å². The van der Waals surface area contributed by atoms with Crippen LogP contribution in [0.25, 0.3) is 39.4 Å². The van der Waals surface area contributed by atoms with Gasteiger partial charge >= 0.3 is 17.8 Å². The maximum Gasteiger partial charge on any atom is 0.408 e. The Labute approximate surface area is 399 Å². The Morgan fingerprint density at radius 1 is 1.00 bits per heavy atom. The Morgan fingerprint density at radius 3 is 2.46 bits per heavy atom. The number of pyridine rings is 2. The van der Waals surface area contributed by atoms with Gasteiger partial charge in [-0.15, -0.1) is 0 Å². The predicted octanol–water partition coefficient (Wildman–Crippen LogP) is 5.19. The number of alkyl carbamates (subject to hydrolysis) is 1. The van der Waals surface area contributed by atoms with E-state index in [9.17, 15) is 39.3 Å². The van der Waals surface area contributed by atoms with Gasteiger partial charge in [0.25, 0.3) is 11.5 Å². The summed E-state index contributed by atoms with van der Waals surface area (Å²) in [6.45, 7) is 7.98. The zero-order valence-corrected chi connectivity index (χ0v) is 39.0. The molecule has 0 radical (unpaired) electrons. The molecule has 7 heterocycles. The summed E-state index contributed by atoms with van der Waals surface area (Å²) in [5, 5.41) is 42.8. The Kier molecular flexibility index (Phi) is 10.7. The van der Waals surface area contributed by atoms with E-state index in [1.165, 1.54) is 21.3 Å². The Bertz CT molecular complexity index is 3330. The summed E-state index contributed by atoms with van der Waals surface area (Å²) in [7, 11) is 0. The molecule has 4 atom stereocenters. The number of H-pyrrole nitrogens is 1. The number of esters is 1. The normalized spacial score (nSPS) is 21.2. The maximum atomic E-state index is 15.4. The monoisotopic (exact) mass is 954 g/mol. The van der Waals surface area contributed by atoms with E-state index in [1.54, 1.807) is 30.9 Å². The summed E-state index contributed by atoms with van der Waals surface area (Å²) in [6.07, 6.45) is 1.75. The average Bonchev–Trinajstić information content (AvgIpc) is 3.97. The number of hydrogen-bond acceptors (Lipinski definition) is 13. The van der Waals surface area contributed by atoms with Crippen LogP contribution in [-0.2, 0) is 50.8 Å². The van der Waals surface area contributed by atoms with Gasteiger partial charge < -0.3 is 39.6 Å². The minimum atomic E-state index is -2.03. The van der Waals surface area contributed by atoms with Crippen molar-refractivity contribution in [2.75, 3.05) is 19.7 Å². The number of hydrogen-bond donors (Lipinski definition) is 5. The molecule has 2 fully saturated rings. The number of ether oxygens (including phenoxy) is 2. The van der Waals surface area contributed by atoms with E-state index in [0.29, 0.717) is 88.3 Å². The van der Waals surface area contributed by atoms with Gasteiger partial charge in [0.2, 0.25) is 0 Å². The maximum absolute atomic E-state index is 15.4. The fraction of sp³-hybridized carbons (Fsp3) is 0.392. The van der Waals surface area contributed by atoms with E-state index >= 15 is 4.39 Å². The molecule has 19 heteroatoms. The van der Waals surface area contributed by atoms with Crippen LogP contribution < -0.4 is 16.6 Å². The van der Waals surface area contributed by atoms with E-state index in [1.807, 2.05) is 38.1 Å². The molecule has 70 heavy (non-hydrogen) atoms. The summed E-state index contributed by atoms with van der Waals surface area (Å²) in [6, 6.07) is 12.8. The number of aryl methyl sites for hydroxylation is 1. The highest BCUT2D eigenvalue weighted by atomic mass is 19.1. The molecule has 2 amide bonds. The smallest absolute Gasteiger partial charge is 0.408 e. The minimum absolute atomic E-state index is 0.0254. The first-order valence-electron chi connectivity index (χ1n) is 23.7. The number of rotatable bonds is 9. The lowest BCUT2D eigenvalue weighted by Gasteiger charge is -2.41. The van der Waals surface area contributed by atoms with Crippen LogP contribution in [0.2, 0.25) is 0 Å². The van der Waals surface area contributed by atoms with Crippen LogP contribution in [0.15, 0.2) is 58.1 Å². The SMILES string of the molecule is CC[C@@]1(O)C(=O)OCc2c1cc1n(c2=O)Cc2c-1nc1cc(F)c(C)c3c1c2[C@@H](NC(=O)OCC(=O)N1C[C@H]2CC[C@@H](C1)N2Cc1ccc(-n2c(-c4cc(C(C)C)c(O)cc4O)n[nH]c2=O)cc1)CC3. The van der Waals surface area contributed by atoms with Gasteiger partial charge in [-0.25, -0.2) is 33.4 Å². The Hall–Kier alpha value is -7.38. The van der Waals surface area contributed by atoms with Crippen LogP contribution in [-0.4, -0.2) is 99.2 Å². The van der Waals surface area contributed by atoms with Gasteiger partial charge in [0, 0.05) is 60.4 Å². The Morgan fingerprint density at radius 2 is 1.74 bits per heavy atom. The largest absolute Gasteiger partial charge is 0.508 e. The zero-order valence-electron chi connectivity index (χ0n) is 39.0. The molecule has 1 aliphatic carbocycles. The molecule has 3 aromatic carbocycles. The number of amides is 2. The number of nitrogens with zero attached hydrogens (tertiary/aromatic N) is 6. The Balaban J connectivity index is 0.769. The number of nitrogens with one attached hydrogen (secondary N) is 2. The number of piperazine rings is 1. The lowest BCUT2D eigenvalue weighted by atomic mass is 9.81. The molecule has 2 saturated heterocycles. The van der Waals surface area contributed by atoms with Crippen molar-refractivity contribution in [2.24, 2.45) is 0 Å². The molecule has 5 N–H and O–H groups in total.